The molecular formula is C14H27Cl2F2N3O. The van der Waals surface area contributed by atoms with Gasteiger partial charge in [0.1, 0.15) is 0 Å². The van der Waals surface area contributed by atoms with Crippen molar-refractivity contribution in [3.05, 3.63) is 0 Å². The van der Waals surface area contributed by atoms with Crippen molar-refractivity contribution in [3.8, 4) is 0 Å². The zero-order valence-electron chi connectivity index (χ0n) is 13.0. The Balaban J connectivity index is 0.00000220. The van der Waals surface area contributed by atoms with E-state index in [-0.39, 0.29) is 43.2 Å². The number of carbonyl (C=O) groups excluding carboxylic acids is 1. The number of alkyl halides is 2. The van der Waals surface area contributed by atoms with E-state index in [9.17, 15) is 13.6 Å². The lowest BCUT2D eigenvalue weighted by molar-refractivity contribution is -0.140. The highest BCUT2D eigenvalue weighted by molar-refractivity contribution is 5.85. The number of piperazine rings is 1. The minimum atomic E-state index is -2.30. The normalized spacial score (nSPS) is 29.7. The van der Waals surface area contributed by atoms with Gasteiger partial charge in [0, 0.05) is 31.7 Å². The molecule has 0 aromatic heterocycles. The van der Waals surface area contributed by atoms with Gasteiger partial charge in [0.05, 0.1) is 12.5 Å². The summed E-state index contributed by atoms with van der Waals surface area (Å²) in [4.78, 5) is 16.1. The molecule has 1 saturated carbocycles. The van der Waals surface area contributed by atoms with Crippen LogP contribution >= 0.6 is 24.8 Å². The third kappa shape index (κ3) is 5.48. The Labute approximate surface area is 143 Å². The number of nitrogens with zero attached hydrogens (tertiary/aromatic N) is 2. The topological polar surface area (TPSA) is 49.6 Å². The van der Waals surface area contributed by atoms with Gasteiger partial charge in [-0.3, -0.25) is 9.69 Å². The SMILES string of the molecule is CC1(N)CCCCC1C(=O)N1CCN(CC(F)F)CC1.Cl.Cl. The minimum absolute atomic E-state index is 0. The van der Waals surface area contributed by atoms with Crippen LogP contribution in [-0.4, -0.2) is 60.4 Å². The van der Waals surface area contributed by atoms with Crippen molar-refractivity contribution in [3.63, 3.8) is 0 Å². The number of carbonyl (C=O) groups is 1. The van der Waals surface area contributed by atoms with Crippen molar-refractivity contribution < 1.29 is 13.6 Å². The lowest BCUT2D eigenvalue weighted by Crippen LogP contribution is -2.57. The maximum Gasteiger partial charge on any atom is 0.251 e. The number of hydrogen-bond donors (Lipinski definition) is 1. The Morgan fingerprint density at radius 3 is 2.32 bits per heavy atom. The van der Waals surface area contributed by atoms with Gasteiger partial charge in [-0.05, 0) is 19.8 Å². The third-order valence-corrected chi connectivity index (χ3v) is 4.63. The molecule has 4 nitrogen and oxygen atoms in total. The number of nitrogens with two attached hydrogens (primary N) is 1. The molecule has 132 valence electrons. The summed E-state index contributed by atoms with van der Waals surface area (Å²) in [6.45, 7) is 3.91. The first-order chi connectivity index (χ1) is 9.40. The van der Waals surface area contributed by atoms with Crippen LogP contribution in [0, 0.1) is 5.92 Å². The van der Waals surface area contributed by atoms with E-state index in [4.69, 9.17) is 5.73 Å². The van der Waals surface area contributed by atoms with E-state index < -0.39 is 12.0 Å². The highest BCUT2D eigenvalue weighted by Crippen LogP contribution is 2.33. The molecular weight excluding hydrogens is 335 g/mol. The molecule has 2 unspecified atom stereocenters. The molecule has 1 amide bonds. The Morgan fingerprint density at radius 1 is 1.23 bits per heavy atom. The monoisotopic (exact) mass is 361 g/mol. The van der Waals surface area contributed by atoms with Crippen LogP contribution in [0.1, 0.15) is 32.6 Å². The lowest BCUT2D eigenvalue weighted by atomic mass is 9.74. The van der Waals surface area contributed by atoms with Crippen molar-refractivity contribution in [2.75, 3.05) is 32.7 Å². The summed E-state index contributed by atoms with van der Waals surface area (Å²) in [7, 11) is 0. The Hall–Kier alpha value is -0.170. The second kappa shape index (κ2) is 9.21. The van der Waals surface area contributed by atoms with E-state index >= 15 is 0 Å². The second-order valence-electron chi connectivity index (χ2n) is 6.32. The van der Waals surface area contributed by atoms with Gasteiger partial charge in [-0.25, -0.2) is 8.78 Å². The first kappa shape index (κ1) is 21.8. The van der Waals surface area contributed by atoms with Crippen LogP contribution in [0.5, 0.6) is 0 Å². The van der Waals surface area contributed by atoms with Gasteiger partial charge in [-0.2, -0.15) is 0 Å². The average molecular weight is 362 g/mol. The maximum atomic E-state index is 12.6. The molecule has 1 heterocycles. The molecule has 0 aromatic carbocycles. The van der Waals surface area contributed by atoms with E-state index in [0.29, 0.717) is 26.2 Å². The molecule has 1 aliphatic carbocycles. The average Bonchev–Trinajstić information content (AvgIpc) is 2.37. The summed E-state index contributed by atoms with van der Waals surface area (Å²) in [6.07, 6.45) is 1.56. The van der Waals surface area contributed by atoms with Crippen LogP contribution in [0.15, 0.2) is 0 Å². The fourth-order valence-electron chi connectivity index (χ4n) is 3.33. The fraction of sp³-hybridized carbons (Fsp3) is 0.929. The number of rotatable bonds is 3. The summed E-state index contributed by atoms with van der Waals surface area (Å²) in [6, 6.07) is 0. The van der Waals surface area contributed by atoms with E-state index in [2.05, 4.69) is 0 Å². The summed E-state index contributed by atoms with van der Waals surface area (Å²) in [5, 5.41) is 0. The van der Waals surface area contributed by atoms with Crippen molar-refractivity contribution >= 4 is 30.7 Å². The molecule has 0 aromatic rings. The molecule has 0 bridgehead atoms. The van der Waals surface area contributed by atoms with Gasteiger partial charge in [-0.1, -0.05) is 12.8 Å². The standard InChI is InChI=1S/C14H25F2N3O.2ClH/c1-14(17)5-3-2-4-11(14)13(20)19-8-6-18(7-9-19)10-12(15)16;;/h11-12H,2-10,17H2,1H3;2*1H. The predicted molar refractivity (Wildman–Crippen MR) is 88.1 cm³/mol. The number of amides is 1. The molecule has 8 heteroatoms. The molecule has 1 aliphatic heterocycles. The predicted octanol–water partition coefficient (Wildman–Crippen LogP) is 2.15. The quantitative estimate of drug-likeness (QED) is 0.837. The van der Waals surface area contributed by atoms with Gasteiger partial charge in [0.25, 0.3) is 6.43 Å². The van der Waals surface area contributed by atoms with Gasteiger partial charge in [0.15, 0.2) is 0 Å². The van der Waals surface area contributed by atoms with Crippen LogP contribution in [-0.2, 0) is 4.79 Å². The van der Waals surface area contributed by atoms with Crippen LogP contribution < -0.4 is 5.73 Å². The minimum Gasteiger partial charge on any atom is -0.340 e. The smallest absolute Gasteiger partial charge is 0.251 e. The summed E-state index contributed by atoms with van der Waals surface area (Å²) in [5.74, 6) is 0.00398. The largest absolute Gasteiger partial charge is 0.340 e. The van der Waals surface area contributed by atoms with Crippen molar-refractivity contribution in [2.24, 2.45) is 11.7 Å². The van der Waals surface area contributed by atoms with Crippen LogP contribution in [0.4, 0.5) is 8.78 Å². The van der Waals surface area contributed by atoms with Crippen molar-refractivity contribution in [2.45, 2.75) is 44.6 Å². The highest BCUT2D eigenvalue weighted by Gasteiger charge is 2.40. The molecule has 2 atom stereocenters. The molecule has 2 fully saturated rings. The Bertz CT molecular complexity index is 351. The van der Waals surface area contributed by atoms with Crippen LogP contribution in [0.25, 0.3) is 0 Å². The molecule has 1 saturated heterocycles. The maximum absolute atomic E-state index is 12.6. The summed E-state index contributed by atoms with van der Waals surface area (Å²) >= 11 is 0. The Kier molecular flexibility index (Phi) is 9.13. The lowest BCUT2D eigenvalue weighted by Gasteiger charge is -2.42. The van der Waals surface area contributed by atoms with Crippen LogP contribution in [0.2, 0.25) is 0 Å². The number of hydrogen-bond acceptors (Lipinski definition) is 3. The van der Waals surface area contributed by atoms with E-state index in [1.165, 1.54) is 0 Å². The third-order valence-electron chi connectivity index (χ3n) is 4.63. The van der Waals surface area contributed by atoms with Gasteiger partial charge in [0.2, 0.25) is 5.91 Å². The summed E-state index contributed by atoms with van der Waals surface area (Å²) in [5.41, 5.74) is 5.84. The summed E-state index contributed by atoms with van der Waals surface area (Å²) < 4.78 is 24.7. The van der Waals surface area contributed by atoms with Gasteiger partial charge in [-0.15, -0.1) is 24.8 Å². The molecule has 0 radical (unpaired) electrons. The van der Waals surface area contributed by atoms with Crippen LogP contribution in [0.3, 0.4) is 0 Å². The zero-order valence-corrected chi connectivity index (χ0v) is 14.6. The van der Waals surface area contributed by atoms with Gasteiger partial charge >= 0.3 is 0 Å². The van der Waals surface area contributed by atoms with E-state index in [0.717, 1.165) is 25.7 Å². The molecule has 2 rings (SSSR count). The molecule has 0 spiro atoms. The second-order valence-corrected chi connectivity index (χ2v) is 6.32. The zero-order chi connectivity index (χ0) is 14.8. The molecule has 2 N–H and O–H groups in total. The molecule has 2 aliphatic rings. The first-order valence-electron chi connectivity index (χ1n) is 7.48. The first-order valence-corrected chi connectivity index (χ1v) is 7.48. The van der Waals surface area contributed by atoms with Gasteiger partial charge < -0.3 is 10.6 Å². The highest BCUT2D eigenvalue weighted by atomic mass is 35.5. The molecule has 22 heavy (non-hydrogen) atoms. The fourth-order valence-corrected chi connectivity index (χ4v) is 3.33. The van der Waals surface area contributed by atoms with E-state index in [1.54, 1.807) is 4.90 Å². The Morgan fingerprint density at radius 2 is 1.82 bits per heavy atom. The van der Waals surface area contributed by atoms with Crippen molar-refractivity contribution in [1.82, 2.24) is 9.80 Å². The van der Waals surface area contributed by atoms with Crippen molar-refractivity contribution in [1.29, 1.82) is 0 Å². The number of halogens is 4. The van der Waals surface area contributed by atoms with E-state index in [1.807, 2.05) is 11.8 Å².